The van der Waals surface area contributed by atoms with E-state index >= 15 is 0 Å². The van der Waals surface area contributed by atoms with Gasteiger partial charge in [-0.25, -0.2) is 0 Å². The van der Waals surface area contributed by atoms with Crippen molar-refractivity contribution in [2.45, 2.75) is 20.0 Å². The third kappa shape index (κ3) is 2.75. The summed E-state index contributed by atoms with van der Waals surface area (Å²) in [5.41, 5.74) is 1.14. The first-order valence-electron chi connectivity index (χ1n) is 6.85. The average molecular weight is 274 g/mol. The first kappa shape index (κ1) is 12.9. The number of rotatable bonds is 4. The number of ether oxygens (including phenoxy) is 1. The van der Waals surface area contributed by atoms with Crippen molar-refractivity contribution >= 4 is 6.01 Å². The van der Waals surface area contributed by atoms with Gasteiger partial charge in [0.1, 0.15) is 12.4 Å². The number of nitrogens with one attached hydrogen (secondary N) is 1. The predicted octanol–water partition coefficient (Wildman–Crippen LogP) is 1.58. The molecule has 0 unspecified atom stereocenters. The van der Waals surface area contributed by atoms with Gasteiger partial charge in [-0.2, -0.15) is 0 Å². The van der Waals surface area contributed by atoms with Crippen LogP contribution in [0.15, 0.2) is 28.7 Å². The van der Waals surface area contributed by atoms with Crippen LogP contribution in [0, 0.1) is 0 Å². The summed E-state index contributed by atoms with van der Waals surface area (Å²) in [6.45, 7) is 5.59. The molecule has 6 nitrogen and oxygen atoms in total. The van der Waals surface area contributed by atoms with Gasteiger partial charge < -0.3 is 19.4 Å². The first-order valence-corrected chi connectivity index (χ1v) is 6.85. The highest BCUT2D eigenvalue weighted by molar-refractivity contribution is 5.39. The van der Waals surface area contributed by atoms with Gasteiger partial charge in [0.05, 0.1) is 19.6 Å². The van der Waals surface area contributed by atoms with Crippen molar-refractivity contribution in [3.8, 4) is 5.75 Å². The van der Waals surface area contributed by atoms with Crippen LogP contribution in [0.3, 0.4) is 0 Å². The van der Waals surface area contributed by atoms with Crippen molar-refractivity contribution < 1.29 is 9.15 Å². The standard InChI is InChI=1S/C14H18N4O2/c1-2-15-9-13-16-17-14(20-13)18-7-8-19-12-6-4-3-5-11(12)10-18/h3-6,15H,2,7-10H2,1H3. The highest BCUT2D eigenvalue weighted by Gasteiger charge is 2.19. The Bertz CT molecular complexity index is 570. The molecule has 1 N–H and O–H groups in total. The number of nitrogens with zero attached hydrogens (tertiary/aromatic N) is 3. The largest absolute Gasteiger partial charge is 0.491 e. The summed E-state index contributed by atoms with van der Waals surface area (Å²) in [5, 5.41) is 11.3. The quantitative estimate of drug-likeness (QED) is 0.913. The van der Waals surface area contributed by atoms with Crippen LogP contribution in [0.5, 0.6) is 5.75 Å². The third-order valence-corrected chi connectivity index (χ3v) is 3.21. The monoisotopic (exact) mass is 274 g/mol. The smallest absolute Gasteiger partial charge is 0.318 e. The van der Waals surface area contributed by atoms with E-state index in [1.165, 1.54) is 0 Å². The summed E-state index contributed by atoms with van der Waals surface area (Å²) in [5.74, 6) is 1.54. The van der Waals surface area contributed by atoms with Crippen LogP contribution in [-0.4, -0.2) is 29.9 Å². The molecule has 0 atom stereocenters. The van der Waals surface area contributed by atoms with E-state index in [2.05, 4.69) is 21.6 Å². The van der Waals surface area contributed by atoms with Crippen LogP contribution in [0.1, 0.15) is 18.4 Å². The number of para-hydroxylation sites is 1. The van der Waals surface area contributed by atoms with Gasteiger partial charge in [-0.3, -0.25) is 0 Å². The van der Waals surface area contributed by atoms with Crippen molar-refractivity contribution in [2.75, 3.05) is 24.6 Å². The minimum Gasteiger partial charge on any atom is -0.491 e. The fourth-order valence-corrected chi connectivity index (χ4v) is 2.16. The fourth-order valence-electron chi connectivity index (χ4n) is 2.16. The average Bonchev–Trinajstić information content (AvgIpc) is 2.84. The molecule has 0 saturated heterocycles. The van der Waals surface area contributed by atoms with E-state index in [4.69, 9.17) is 9.15 Å². The van der Waals surface area contributed by atoms with Gasteiger partial charge in [0.15, 0.2) is 0 Å². The van der Waals surface area contributed by atoms with Crippen LogP contribution in [-0.2, 0) is 13.1 Å². The van der Waals surface area contributed by atoms with E-state index in [0.29, 0.717) is 25.1 Å². The van der Waals surface area contributed by atoms with Crippen LogP contribution < -0.4 is 15.0 Å². The lowest BCUT2D eigenvalue weighted by molar-refractivity contribution is 0.329. The molecule has 0 bridgehead atoms. The van der Waals surface area contributed by atoms with Crippen LogP contribution in [0.4, 0.5) is 6.01 Å². The van der Waals surface area contributed by atoms with Gasteiger partial charge in [0, 0.05) is 5.56 Å². The van der Waals surface area contributed by atoms with Gasteiger partial charge in [0.25, 0.3) is 0 Å². The molecular formula is C14H18N4O2. The summed E-state index contributed by atoms with van der Waals surface area (Å²) in [7, 11) is 0. The van der Waals surface area contributed by atoms with Crippen molar-refractivity contribution in [3.63, 3.8) is 0 Å². The molecule has 20 heavy (non-hydrogen) atoms. The Morgan fingerprint density at radius 2 is 2.20 bits per heavy atom. The lowest BCUT2D eigenvalue weighted by Crippen LogP contribution is -2.25. The Kier molecular flexibility index (Phi) is 3.83. The molecule has 1 aromatic carbocycles. The van der Waals surface area contributed by atoms with E-state index in [9.17, 15) is 0 Å². The lowest BCUT2D eigenvalue weighted by Gasteiger charge is -2.16. The zero-order valence-electron chi connectivity index (χ0n) is 11.5. The molecule has 2 aromatic rings. The topological polar surface area (TPSA) is 63.4 Å². The summed E-state index contributed by atoms with van der Waals surface area (Å²) in [6, 6.07) is 8.59. The number of hydrogen-bond acceptors (Lipinski definition) is 6. The second kappa shape index (κ2) is 5.92. The zero-order chi connectivity index (χ0) is 13.8. The van der Waals surface area contributed by atoms with Crippen LogP contribution in [0.25, 0.3) is 0 Å². The molecule has 0 spiro atoms. The van der Waals surface area contributed by atoms with Crippen LogP contribution in [0.2, 0.25) is 0 Å². The molecular weight excluding hydrogens is 256 g/mol. The van der Waals surface area contributed by atoms with E-state index < -0.39 is 0 Å². The first-order chi connectivity index (χ1) is 9.86. The lowest BCUT2D eigenvalue weighted by atomic mass is 10.2. The van der Waals surface area contributed by atoms with Gasteiger partial charge >= 0.3 is 6.01 Å². The number of hydrogen-bond donors (Lipinski definition) is 1. The molecule has 2 heterocycles. The second-order valence-corrected chi connectivity index (χ2v) is 4.64. The molecule has 0 fully saturated rings. The normalized spacial score (nSPS) is 14.6. The predicted molar refractivity (Wildman–Crippen MR) is 74.7 cm³/mol. The van der Waals surface area contributed by atoms with E-state index in [0.717, 1.165) is 30.9 Å². The van der Waals surface area contributed by atoms with Gasteiger partial charge in [-0.05, 0) is 12.6 Å². The highest BCUT2D eigenvalue weighted by atomic mass is 16.5. The number of fused-ring (bicyclic) bond motifs is 1. The summed E-state index contributed by atoms with van der Waals surface area (Å²) in [6.07, 6.45) is 0. The van der Waals surface area contributed by atoms with Crippen molar-refractivity contribution in [1.29, 1.82) is 0 Å². The number of anilines is 1. The summed E-state index contributed by atoms with van der Waals surface area (Å²) < 4.78 is 11.4. The molecule has 0 radical (unpaired) electrons. The second-order valence-electron chi connectivity index (χ2n) is 4.64. The van der Waals surface area contributed by atoms with Crippen molar-refractivity contribution in [2.24, 2.45) is 0 Å². The third-order valence-electron chi connectivity index (χ3n) is 3.21. The highest BCUT2D eigenvalue weighted by Crippen LogP contribution is 2.25. The minimum absolute atomic E-state index is 0.554. The molecule has 0 aliphatic carbocycles. The van der Waals surface area contributed by atoms with Crippen molar-refractivity contribution in [3.05, 3.63) is 35.7 Å². The maximum atomic E-state index is 5.73. The molecule has 3 rings (SSSR count). The maximum Gasteiger partial charge on any atom is 0.318 e. The van der Waals surface area contributed by atoms with Gasteiger partial charge in [0.2, 0.25) is 5.89 Å². The van der Waals surface area contributed by atoms with E-state index in [1.54, 1.807) is 0 Å². The zero-order valence-corrected chi connectivity index (χ0v) is 11.5. The van der Waals surface area contributed by atoms with Crippen LogP contribution >= 0.6 is 0 Å². The minimum atomic E-state index is 0.554. The molecule has 6 heteroatoms. The number of benzene rings is 1. The molecule has 0 amide bonds. The Labute approximate surface area is 117 Å². The Morgan fingerprint density at radius 3 is 3.10 bits per heavy atom. The Hall–Kier alpha value is -2.08. The summed E-state index contributed by atoms with van der Waals surface area (Å²) >= 11 is 0. The van der Waals surface area contributed by atoms with Gasteiger partial charge in [-0.15, -0.1) is 5.10 Å². The van der Waals surface area contributed by atoms with Gasteiger partial charge in [-0.1, -0.05) is 30.2 Å². The van der Waals surface area contributed by atoms with E-state index in [1.807, 2.05) is 30.0 Å². The molecule has 106 valence electrons. The van der Waals surface area contributed by atoms with Crippen molar-refractivity contribution in [1.82, 2.24) is 15.5 Å². The molecule has 0 saturated carbocycles. The Balaban J connectivity index is 1.75. The SMILES string of the molecule is CCNCc1nnc(N2CCOc3ccccc3C2)o1. The maximum absolute atomic E-state index is 5.73. The molecule has 1 aromatic heterocycles. The molecule has 1 aliphatic heterocycles. The Morgan fingerprint density at radius 1 is 1.30 bits per heavy atom. The number of aromatic nitrogens is 2. The fraction of sp³-hybridized carbons (Fsp3) is 0.429. The molecule has 1 aliphatic rings. The van der Waals surface area contributed by atoms with E-state index in [-0.39, 0.29) is 0 Å². The summed E-state index contributed by atoms with van der Waals surface area (Å²) in [4.78, 5) is 2.05.